The topological polar surface area (TPSA) is 151 Å². The number of ether oxygens (including phenoxy) is 5. The lowest BCUT2D eigenvalue weighted by atomic mass is 9.95. The van der Waals surface area contributed by atoms with E-state index in [-0.39, 0.29) is 35.6 Å². The van der Waals surface area contributed by atoms with E-state index < -0.39 is 30.7 Å². The number of methoxy groups -OCH3 is 1. The minimum Gasteiger partial charge on any atom is -0.493 e. The van der Waals surface area contributed by atoms with Gasteiger partial charge in [-0.25, -0.2) is 14.5 Å². The third-order valence-electron chi connectivity index (χ3n) is 12.7. The summed E-state index contributed by atoms with van der Waals surface area (Å²) in [6, 6.07) is 12.3. The van der Waals surface area contributed by atoms with Crippen LogP contribution in [0.15, 0.2) is 42.5 Å². The maximum atomic E-state index is 14.1. The van der Waals surface area contributed by atoms with Crippen molar-refractivity contribution in [2.75, 3.05) is 82.3 Å². The van der Waals surface area contributed by atoms with Crippen LogP contribution in [0.5, 0.6) is 17.2 Å². The van der Waals surface area contributed by atoms with Gasteiger partial charge in [-0.3, -0.25) is 9.59 Å². The van der Waals surface area contributed by atoms with Gasteiger partial charge in [0, 0.05) is 81.6 Å². The van der Waals surface area contributed by atoms with E-state index in [9.17, 15) is 24.3 Å². The molecule has 3 aromatic rings. The summed E-state index contributed by atoms with van der Waals surface area (Å²) < 4.78 is 30.2. The monoisotopic (exact) mass is 861 g/mol. The molecule has 16 heteroatoms. The Labute approximate surface area is 361 Å². The Balaban J connectivity index is 0.934. The van der Waals surface area contributed by atoms with Gasteiger partial charge in [0.1, 0.15) is 5.75 Å². The maximum absolute atomic E-state index is 14.1. The standard InChI is InChI=1S/C45H56ClN5O10/c1-47-18-20-48(21-19-47)45(56)60-36-26-35-41(31-13-6-5-12-30(31)36)29(27-46)28-50(35)39(52)15-4-3-10-22-58-38-25-34-32(24-37(38)57-2)42(53)49-17-9-7-14-33(49)43(51(34)44(54)55)61-40-16-8-11-23-59-40/h5-6,12-13,24-26,29,33,40,43H,3-4,7-11,14-23,27-28H2,1-2H3,(H,54,55)/t29-,33+,40?,43+/m1/s1. The molecule has 3 fully saturated rings. The number of carbonyl (C=O) groups is 4. The van der Waals surface area contributed by atoms with Crippen LogP contribution in [0.2, 0.25) is 0 Å². The normalized spacial score (nSPS) is 23.0. The largest absolute Gasteiger partial charge is 0.493 e. The number of nitrogens with zero attached hydrogens (tertiary/aromatic N) is 5. The van der Waals surface area contributed by atoms with E-state index in [0.717, 1.165) is 65.7 Å². The van der Waals surface area contributed by atoms with Gasteiger partial charge < -0.3 is 48.4 Å². The number of benzene rings is 3. The lowest BCUT2D eigenvalue weighted by Gasteiger charge is -2.42. The number of anilines is 2. The predicted molar refractivity (Wildman–Crippen MR) is 229 cm³/mol. The van der Waals surface area contributed by atoms with Crippen molar-refractivity contribution < 1.29 is 48.0 Å². The van der Waals surface area contributed by atoms with Crippen molar-refractivity contribution in [2.45, 2.75) is 88.7 Å². The molecule has 8 rings (SSSR count). The summed E-state index contributed by atoms with van der Waals surface area (Å²) in [5, 5.41) is 12.4. The molecule has 0 spiro atoms. The fourth-order valence-corrected chi connectivity index (χ4v) is 9.63. The number of amides is 4. The number of unbranched alkanes of at least 4 members (excludes halogenated alkanes) is 2. The molecule has 0 aromatic heterocycles. The summed E-state index contributed by atoms with van der Waals surface area (Å²) in [6.07, 6.45) is 3.73. The Hall–Kier alpha value is -4.83. The second-order valence-corrected chi connectivity index (χ2v) is 16.9. The van der Waals surface area contributed by atoms with Gasteiger partial charge in [-0.1, -0.05) is 24.3 Å². The number of carboxylic acid groups (broad SMARTS) is 1. The number of piperidine rings is 1. The molecular formula is C45H56ClN5O10. The highest BCUT2D eigenvalue weighted by atomic mass is 35.5. The summed E-state index contributed by atoms with van der Waals surface area (Å²) in [5.74, 6) is 0.992. The lowest BCUT2D eigenvalue weighted by Crippen LogP contribution is -2.57. The molecule has 3 aromatic carbocycles. The van der Waals surface area contributed by atoms with E-state index in [1.54, 1.807) is 26.8 Å². The number of halogens is 1. The second kappa shape index (κ2) is 19.1. The first-order valence-corrected chi connectivity index (χ1v) is 22.2. The molecule has 0 saturated carbocycles. The summed E-state index contributed by atoms with van der Waals surface area (Å²) in [7, 11) is 3.52. The molecule has 3 saturated heterocycles. The average molecular weight is 862 g/mol. The number of hydrogen-bond acceptors (Lipinski definition) is 10. The van der Waals surface area contributed by atoms with Gasteiger partial charge in [-0.2, -0.15) is 0 Å². The molecule has 0 bridgehead atoms. The van der Waals surface area contributed by atoms with Crippen LogP contribution in [-0.2, 0) is 14.3 Å². The fourth-order valence-electron chi connectivity index (χ4n) is 9.38. The maximum Gasteiger partial charge on any atom is 0.415 e. The van der Waals surface area contributed by atoms with Crippen molar-refractivity contribution in [3.8, 4) is 17.2 Å². The van der Waals surface area contributed by atoms with Crippen LogP contribution in [0, 0.1) is 0 Å². The average Bonchev–Trinajstić information content (AvgIpc) is 3.62. The lowest BCUT2D eigenvalue weighted by molar-refractivity contribution is -0.198. The summed E-state index contributed by atoms with van der Waals surface area (Å²) in [4.78, 5) is 62.9. The SMILES string of the molecule is COc1cc2c(cc1OCCCCCC(=O)N1C[C@@H](CCl)c3c1cc(OC(=O)N1CCN(C)CC1)c1ccccc31)N(C(=O)O)[C@@H](OC1CCCCO1)[C@@H]1CCCCN1C2=O. The molecular weight excluding hydrogens is 806 g/mol. The van der Waals surface area contributed by atoms with E-state index in [1.165, 1.54) is 7.11 Å². The Morgan fingerprint density at radius 2 is 1.66 bits per heavy atom. The predicted octanol–water partition coefficient (Wildman–Crippen LogP) is 7.27. The zero-order valence-corrected chi connectivity index (χ0v) is 35.8. The van der Waals surface area contributed by atoms with Crippen LogP contribution in [0.3, 0.4) is 0 Å². The molecule has 15 nitrogen and oxygen atoms in total. The molecule has 0 radical (unpaired) electrons. The Morgan fingerprint density at radius 3 is 2.39 bits per heavy atom. The molecule has 0 aliphatic carbocycles. The van der Waals surface area contributed by atoms with Crippen molar-refractivity contribution in [1.82, 2.24) is 14.7 Å². The first kappa shape index (κ1) is 42.8. The quantitative estimate of drug-likeness (QED) is 0.145. The van der Waals surface area contributed by atoms with E-state index in [4.69, 9.17) is 35.3 Å². The van der Waals surface area contributed by atoms with Gasteiger partial charge in [0.25, 0.3) is 5.91 Å². The summed E-state index contributed by atoms with van der Waals surface area (Å²) in [6.45, 7) is 4.44. The molecule has 4 atom stereocenters. The minimum atomic E-state index is -1.24. The number of hydrogen-bond donors (Lipinski definition) is 1. The molecule has 5 heterocycles. The van der Waals surface area contributed by atoms with Crippen LogP contribution < -0.4 is 24.0 Å². The van der Waals surface area contributed by atoms with Crippen LogP contribution in [0.4, 0.5) is 21.0 Å². The number of alkyl halides is 1. The Kier molecular flexibility index (Phi) is 13.4. The van der Waals surface area contributed by atoms with E-state index in [0.29, 0.717) is 94.4 Å². The molecule has 4 amide bonds. The van der Waals surface area contributed by atoms with Crippen molar-refractivity contribution in [1.29, 1.82) is 0 Å². The number of fused-ring (bicyclic) bond motifs is 5. The highest BCUT2D eigenvalue weighted by molar-refractivity contribution is 6.19. The second-order valence-electron chi connectivity index (χ2n) is 16.6. The number of likely N-dealkylation sites (N-methyl/N-ethyl adjacent to an activating group) is 1. The molecule has 5 aliphatic rings. The first-order valence-electron chi connectivity index (χ1n) is 21.7. The van der Waals surface area contributed by atoms with Crippen molar-refractivity contribution in [3.05, 3.63) is 53.6 Å². The van der Waals surface area contributed by atoms with Crippen molar-refractivity contribution in [3.63, 3.8) is 0 Å². The Bertz CT molecular complexity index is 2110. The molecule has 61 heavy (non-hydrogen) atoms. The van der Waals surface area contributed by atoms with Gasteiger partial charge in [-0.05, 0) is 81.9 Å². The number of rotatable bonds is 12. The minimum absolute atomic E-state index is 0.0426. The van der Waals surface area contributed by atoms with Gasteiger partial charge in [-0.15, -0.1) is 11.6 Å². The molecule has 328 valence electrons. The Morgan fingerprint density at radius 1 is 0.885 bits per heavy atom. The van der Waals surface area contributed by atoms with Crippen molar-refractivity contribution >= 4 is 57.7 Å². The molecule has 5 aliphatic heterocycles. The smallest absolute Gasteiger partial charge is 0.415 e. The van der Waals surface area contributed by atoms with Crippen LogP contribution in [0.25, 0.3) is 10.8 Å². The van der Waals surface area contributed by atoms with E-state index in [2.05, 4.69) is 4.90 Å². The highest BCUT2D eigenvalue weighted by Crippen LogP contribution is 2.46. The van der Waals surface area contributed by atoms with E-state index in [1.807, 2.05) is 37.4 Å². The fraction of sp³-hybridized carbons (Fsp3) is 0.556. The zero-order valence-electron chi connectivity index (χ0n) is 35.0. The van der Waals surface area contributed by atoms with Crippen LogP contribution >= 0.6 is 11.6 Å². The van der Waals surface area contributed by atoms with Crippen LogP contribution in [-0.4, -0.2) is 135 Å². The number of carbonyl (C=O) groups excluding carboxylic acids is 3. The highest BCUT2D eigenvalue weighted by Gasteiger charge is 2.46. The van der Waals surface area contributed by atoms with E-state index >= 15 is 0 Å². The van der Waals surface area contributed by atoms with Gasteiger partial charge in [0.2, 0.25) is 5.91 Å². The zero-order chi connectivity index (χ0) is 42.6. The number of piperazine rings is 1. The van der Waals surface area contributed by atoms with Gasteiger partial charge >= 0.3 is 12.2 Å². The van der Waals surface area contributed by atoms with Gasteiger partial charge in [0.15, 0.2) is 24.0 Å². The van der Waals surface area contributed by atoms with Crippen molar-refractivity contribution in [2.24, 2.45) is 0 Å². The first-order chi connectivity index (χ1) is 29.7. The third kappa shape index (κ3) is 8.93. The molecule has 1 N–H and O–H groups in total. The summed E-state index contributed by atoms with van der Waals surface area (Å²) >= 11 is 6.51. The molecule has 1 unspecified atom stereocenters. The van der Waals surface area contributed by atoms with Crippen LogP contribution in [0.1, 0.15) is 86.0 Å². The van der Waals surface area contributed by atoms with Gasteiger partial charge in [0.05, 0.1) is 36.7 Å². The summed E-state index contributed by atoms with van der Waals surface area (Å²) in [5.41, 5.74) is 2.10. The third-order valence-corrected chi connectivity index (χ3v) is 13.0.